The van der Waals surface area contributed by atoms with Crippen molar-refractivity contribution in [2.45, 2.75) is 6.92 Å². The predicted octanol–water partition coefficient (Wildman–Crippen LogP) is 1.78. The van der Waals surface area contributed by atoms with E-state index in [1.807, 2.05) is 29.9 Å². The van der Waals surface area contributed by atoms with E-state index in [0.717, 1.165) is 16.6 Å². The average Bonchev–Trinajstić information content (AvgIpc) is 2.45. The van der Waals surface area contributed by atoms with Crippen LogP contribution in [0.1, 0.15) is 17.3 Å². The van der Waals surface area contributed by atoms with Crippen LogP contribution in [0.4, 0.5) is 0 Å². The highest BCUT2D eigenvalue weighted by molar-refractivity contribution is 6.06. The number of rotatable bonds is 1. The van der Waals surface area contributed by atoms with Gasteiger partial charge in [-0.3, -0.25) is 4.79 Å². The Bertz CT molecular complexity index is 471. The maximum atomic E-state index is 11.2. The molecular weight excluding hydrogens is 164 g/mol. The van der Waals surface area contributed by atoms with Crippen LogP contribution in [0.2, 0.25) is 0 Å². The molecule has 0 unspecified atom stereocenters. The van der Waals surface area contributed by atoms with Gasteiger partial charge in [0.2, 0.25) is 0 Å². The van der Waals surface area contributed by atoms with Gasteiger partial charge in [-0.25, -0.2) is 4.98 Å². The Morgan fingerprint density at radius 2 is 2.31 bits per heavy atom. The normalized spacial score (nSPS) is 10.6. The van der Waals surface area contributed by atoms with E-state index in [-0.39, 0.29) is 5.78 Å². The van der Waals surface area contributed by atoms with Crippen molar-refractivity contribution in [3.63, 3.8) is 0 Å². The summed E-state index contributed by atoms with van der Waals surface area (Å²) in [5.74, 6) is 0.0820. The van der Waals surface area contributed by atoms with Crippen molar-refractivity contribution < 1.29 is 4.79 Å². The zero-order valence-electron chi connectivity index (χ0n) is 7.61. The first-order valence-electron chi connectivity index (χ1n) is 4.11. The molecule has 0 N–H and O–H groups in total. The summed E-state index contributed by atoms with van der Waals surface area (Å²) in [6.07, 6.45) is 3.55. The average molecular weight is 174 g/mol. The number of hydrogen-bond acceptors (Lipinski definition) is 2. The molecule has 2 heterocycles. The third-order valence-corrected chi connectivity index (χ3v) is 2.11. The highest BCUT2D eigenvalue weighted by Gasteiger charge is 2.09. The molecule has 66 valence electrons. The van der Waals surface area contributed by atoms with Crippen LogP contribution in [-0.4, -0.2) is 15.3 Å². The number of pyridine rings is 1. The van der Waals surface area contributed by atoms with E-state index in [2.05, 4.69) is 4.98 Å². The summed E-state index contributed by atoms with van der Waals surface area (Å²) >= 11 is 0. The number of hydrogen-bond donors (Lipinski definition) is 0. The third-order valence-electron chi connectivity index (χ3n) is 2.11. The van der Waals surface area contributed by atoms with Gasteiger partial charge in [-0.15, -0.1) is 0 Å². The molecule has 3 nitrogen and oxygen atoms in total. The molecule has 0 spiro atoms. The Hall–Kier alpha value is -1.64. The molecular formula is C10H10N2O. The van der Waals surface area contributed by atoms with Gasteiger partial charge in [0.15, 0.2) is 5.78 Å². The number of carbonyl (C=O) groups excluding carboxylic acids is 1. The van der Waals surface area contributed by atoms with Crippen LogP contribution >= 0.6 is 0 Å². The fourth-order valence-electron chi connectivity index (χ4n) is 1.49. The molecule has 0 amide bonds. The van der Waals surface area contributed by atoms with Crippen LogP contribution in [0.3, 0.4) is 0 Å². The molecule has 0 fully saturated rings. The van der Waals surface area contributed by atoms with E-state index in [4.69, 9.17) is 0 Å². The lowest BCUT2D eigenvalue weighted by Crippen LogP contribution is -1.88. The van der Waals surface area contributed by atoms with E-state index in [0.29, 0.717) is 0 Å². The lowest BCUT2D eigenvalue weighted by molar-refractivity contribution is 0.101. The van der Waals surface area contributed by atoms with Crippen LogP contribution in [0.15, 0.2) is 24.5 Å². The van der Waals surface area contributed by atoms with Crippen molar-refractivity contribution in [3.05, 3.63) is 30.1 Å². The monoisotopic (exact) mass is 174 g/mol. The van der Waals surface area contributed by atoms with E-state index < -0.39 is 0 Å². The lowest BCUT2D eigenvalue weighted by Gasteiger charge is -1.91. The number of aromatic nitrogens is 2. The Balaban J connectivity index is 2.85. The molecule has 0 saturated heterocycles. The van der Waals surface area contributed by atoms with Gasteiger partial charge in [0.05, 0.1) is 0 Å². The number of carbonyl (C=O) groups is 1. The van der Waals surface area contributed by atoms with Gasteiger partial charge in [0.25, 0.3) is 0 Å². The van der Waals surface area contributed by atoms with Crippen molar-refractivity contribution in [2.24, 2.45) is 7.05 Å². The van der Waals surface area contributed by atoms with E-state index in [9.17, 15) is 4.79 Å². The first-order valence-corrected chi connectivity index (χ1v) is 4.11. The summed E-state index contributed by atoms with van der Waals surface area (Å²) < 4.78 is 1.87. The van der Waals surface area contributed by atoms with E-state index in [1.165, 1.54) is 0 Å². The Labute approximate surface area is 76.0 Å². The van der Waals surface area contributed by atoms with Crippen molar-refractivity contribution in [2.75, 3.05) is 0 Å². The van der Waals surface area contributed by atoms with Crippen LogP contribution < -0.4 is 0 Å². The first kappa shape index (κ1) is 7.98. The molecule has 0 bridgehead atoms. The fourth-order valence-corrected chi connectivity index (χ4v) is 1.49. The maximum Gasteiger partial charge on any atom is 0.162 e. The zero-order valence-corrected chi connectivity index (χ0v) is 7.61. The molecule has 2 aromatic heterocycles. The topological polar surface area (TPSA) is 34.9 Å². The number of aryl methyl sites for hydroxylation is 1. The van der Waals surface area contributed by atoms with Gasteiger partial charge < -0.3 is 4.57 Å². The number of nitrogens with zero attached hydrogens (tertiary/aromatic N) is 2. The Kier molecular flexibility index (Phi) is 1.65. The third kappa shape index (κ3) is 1.13. The van der Waals surface area contributed by atoms with Crippen molar-refractivity contribution in [1.29, 1.82) is 0 Å². The minimum atomic E-state index is 0.0820. The van der Waals surface area contributed by atoms with Gasteiger partial charge in [-0.05, 0) is 19.1 Å². The number of Topliss-reactive ketones (excluding diaryl/α,β-unsaturated/α-hetero) is 1. The van der Waals surface area contributed by atoms with E-state index >= 15 is 0 Å². The molecule has 0 saturated carbocycles. The second-order valence-electron chi connectivity index (χ2n) is 3.08. The lowest BCUT2D eigenvalue weighted by atomic mass is 10.2. The summed E-state index contributed by atoms with van der Waals surface area (Å²) in [6, 6.07) is 3.76. The first-order chi connectivity index (χ1) is 6.20. The quantitative estimate of drug-likeness (QED) is 0.617. The van der Waals surface area contributed by atoms with Crippen LogP contribution in [0.25, 0.3) is 11.0 Å². The highest BCUT2D eigenvalue weighted by Crippen LogP contribution is 2.18. The van der Waals surface area contributed by atoms with Crippen LogP contribution in [0, 0.1) is 0 Å². The Morgan fingerprint density at radius 1 is 1.54 bits per heavy atom. The number of ketones is 1. The highest BCUT2D eigenvalue weighted by atomic mass is 16.1. The van der Waals surface area contributed by atoms with Crippen LogP contribution in [-0.2, 0) is 7.05 Å². The molecule has 13 heavy (non-hydrogen) atoms. The minimum absolute atomic E-state index is 0.0820. The zero-order chi connectivity index (χ0) is 9.42. The SMILES string of the molecule is CC(=O)c1cn(C)c2ncccc12. The minimum Gasteiger partial charge on any atom is -0.335 e. The maximum absolute atomic E-state index is 11.2. The molecule has 0 aliphatic heterocycles. The summed E-state index contributed by atoms with van der Waals surface area (Å²) in [4.78, 5) is 15.4. The fraction of sp³-hybridized carbons (Fsp3) is 0.200. The van der Waals surface area contributed by atoms with Crippen LogP contribution in [0.5, 0.6) is 0 Å². The van der Waals surface area contributed by atoms with Gasteiger partial charge in [0.1, 0.15) is 5.65 Å². The van der Waals surface area contributed by atoms with Gasteiger partial charge in [0, 0.05) is 30.4 Å². The summed E-state index contributed by atoms with van der Waals surface area (Å²) in [7, 11) is 1.89. The molecule has 0 radical (unpaired) electrons. The largest absolute Gasteiger partial charge is 0.335 e. The van der Waals surface area contributed by atoms with E-state index in [1.54, 1.807) is 13.1 Å². The molecule has 0 aliphatic carbocycles. The molecule has 0 aromatic carbocycles. The second-order valence-corrected chi connectivity index (χ2v) is 3.08. The van der Waals surface area contributed by atoms with Gasteiger partial charge in [-0.2, -0.15) is 0 Å². The summed E-state index contributed by atoms with van der Waals surface area (Å²) in [6.45, 7) is 1.57. The molecule has 0 aliphatic rings. The van der Waals surface area contributed by atoms with Crippen molar-refractivity contribution in [3.8, 4) is 0 Å². The van der Waals surface area contributed by atoms with Gasteiger partial charge >= 0.3 is 0 Å². The number of fused-ring (bicyclic) bond motifs is 1. The molecule has 3 heteroatoms. The molecule has 2 aromatic rings. The smallest absolute Gasteiger partial charge is 0.162 e. The summed E-state index contributed by atoms with van der Waals surface area (Å²) in [5.41, 5.74) is 1.60. The molecule has 2 rings (SSSR count). The summed E-state index contributed by atoms with van der Waals surface area (Å²) in [5, 5.41) is 0.928. The molecule has 0 atom stereocenters. The second kappa shape index (κ2) is 2.69. The van der Waals surface area contributed by atoms with Gasteiger partial charge in [-0.1, -0.05) is 0 Å². The predicted molar refractivity (Wildman–Crippen MR) is 50.7 cm³/mol. The standard InChI is InChI=1S/C10H10N2O/c1-7(13)9-6-12(2)10-8(9)4-3-5-11-10/h3-6H,1-2H3. The van der Waals surface area contributed by atoms with Crippen molar-refractivity contribution >= 4 is 16.8 Å². The van der Waals surface area contributed by atoms with Crippen molar-refractivity contribution in [1.82, 2.24) is 9.55 Å². The Morgan fingerprint density at radius 3 is 3.00 bits per heavy atom.